The largest absolute Gasteiger partial charge is 0.508 e. The lowest BCUT2D eigenvalue weighted by molar-refractivity contribution is -0.175. The molecule has 2 unspecified atom stereocenters. The molecule has 1 aliphatic heterocycles. The van der Waals surface area contributed by atoms with E-state index in [4.69, 9.17) is 15.9 Å². The molecule has 5 nitrogen and oxygen atoms in total. The minimum Gasteiger partial charge on any atom is -0.508 e. The van der Waals surface area contributed by atoms with E-state index in [1.165, 1.54) is 30.4 Å². The van der Waals surface area contributed by atoms with Crippen LogP contribution in [0.15, 0.2) is 42.5 Å². The number of aryl methyl sites for hydroxylation is 1. The average Bonchev–Trinajstić information content (AvgIpc) is 3.23. The molecule has 1 saturated heterocycles. The molecule has 2 saturated carbocycles. The predicted octanol–water partition coefficient (Wildman–Crippen LogP) is 6.12. The van der Waals surface area contributed by atoms with Crippen LogP contribution in [0.25, 0.3) is 0 Å². The number of fused-ring (bicyclic) bond motifs is 5. The maximum atomic E-state index is 11.5. The van der Waals surface area contributed by atoms with Gasteiger partial charge < -0.3 is 19.7 Å². The van der Waals surface area contributed by atoms with Gasteiger partial charge in [-0.25, -0.2) is 0 Å². The van der Waals surface area contributed by atoms with E-state index in [1.54, 1.807) is 7.11 Å². The summed E-state index contributed by atoms with van der Waals surface area (Å²) in [6.45, 7) is 2.32. The quantitative estimate of drug-likeness (QED) is 0.285. The van der Waals surface area contributed by atoms with Crippen LogP contribution < -0.4 is 4.74 Å². The second kappa shape index (κ2) is 11.0. The van der Waals surface area contributed by atoms with Crippen molar-refractivity contribution in [2.45, 2.75) is 88.8 Å². The fourth-order valence-corrected chi connectivity index (χ4v) is 7.70. The summed E-state index contributed by atoms with van der Waals surface area (Å²) in [5.41, 5.74) is 3.98. The molecular weight excluding hydrogens is 476 g/mol. The van der Waals surface area contributed by atoms with E-state index in [-0.39, 0.29) is 29.5 Å². The van der Waals surface area contributed by atoms with Crippen molar-refractivity contribution in [2.75, 3.05) is 7.11 Å². The zero-order valence-corrected chi connectivity index (χ0v) is 22.6. The molecule has 2 aromatic carbocycles. The lowest BCUT2D eigenvalue weighted by Gasteiger charge is -2.50. The molecular formula is C33H40O5. The lowest BCUT2D eigenvalue weighted by Crippen LogP contribution is -2.43. The first kappa shape index (κ1) is 26.6. The molecule has 0 aromatic heterocycles. The lowest BCUT2D eigenvalue weighted by atomic mass is 9.55. The fourth-order valence-electron chi connectivity index (χ4n) is 7.70. The van der Waals surface area contributed by atoms with Crippen LogP contribution in [-0.4, -0.2) is 35.5 Å². The Bertz CT molecular complexity index is 1180. The summed E-state index contributed by atoms with van der Waals surface area (Å²) >= 11 is 0. The number of aliphatic hydroxyl groups excluding tert-OH is 1. The Labute approximate surface area is 226 Å². The Balaban J connectivity index is 0.000000156. The molecule has 2 N–H and O–H groups in total. The van der Waals surface area contributed by atoms with Crippen LogP contribution in [0.4, 0.5) is 0 Å². The van der Waals surface area contributed by atoms with Crippen molar-refractivity contribution in [1.29, 1.82) is 0 Å². The second-order valence-electron chi connectivity index (χ2n) is 11.8. The highest BCUT2D eigenvalue weighted by molar-refractivity contribution is 5.84. The smallest absolute Gasteiger partial charge is 0.317 e. The number of hydrogen-bond donors (Lipinski definition) is 2. The Morgan fingerprint density at radius 2 is 1.92 bits per heavy atom. The SMILES string of the molecule is C#CCCCC1OC(=O)C1c1ccc(OC)cc1.C[C@]12CC[C@@H]3c4ccc(O)cc4CC[C@H]3[C@@H]1CC[C@@H]2O. The van der Waals surface area contributed by atoms with Crippen LogP contribution in [0.2, 0.25) is 0 Å². The molecule has 3 fully saturated rings. The summed E-state index contributed by atoms with van der Waals surface area (Å²) in [4.78, 5) is 11.5. The monoisotopic (exact) mass is 516 g/mol. The van der Waals surface area contributed by atoms with E-state index in [1.807, 2.05) is 36.4 Å². The molecule has 0 radical (unpaired) electrons. The molecule has 7 atom stereocenters. The number of esters is 1. The molecule has 2 aromatic rings. The normalized spacial score (nSPS) is 32.7. The minimum absolute atomic E-state index is 0.0285. The molecule has 0 bridgehead atoms. The maximum absolute atomic E-state index is 11.5. The predicted molar refractivity (Wildman–Crippen MR) is 147 cm³/mol. The van der Waals surface area contributed by atoms with Crippen molar-refractivity contribution in [2.24, 2.45) is 17.3 Å². The van der Waals surface area contributed by atoms with Crippen molar-refractivity contribution in [1.82, 2.24) is 0 Å². The third kappa shape index (κ3) is 4.92. The number of carbonyl (C=O) groups is 1. The highest BCUT2D eigenvalue weighted by Gasteiger charge is 2.54. The topological polar surface area (TPSA) is 76.0 Å². The van der Waals surface area contributed by atoms with E-state index in [0.29, 0.717) is 17.6 Å². The van der Waals surface area contributed by atoms with Crippen LogP contribution >= 0.6 is 0 Å². The number of ether oxygens (including phenoxy) is 2. The van der Waals surface area contributed by atoms with Gasteiger partial charge in [-0.2, -0.15) is 0 Å². The number of benzene rings is 2. The van der Waals surface area contributed by atoms with Gasteiger partial charge in [0.15, 0.2) is 0 Å². The van der Waals surface area contributed by atoms with Gasteiger partial charge in [0.1, 0.15) is 23.5 Å². The van der Waals surface area contributed by atoms with Gasteiger partial charge in [-0.05, 0) is 115 Å². The Hall–Kier alpha value is -2.97. The number of carbonyl (C=O) groups excluding carboxylic acids is 1. The van der Waals surface area contributed by atoms with E-state index >= 15 is 0 Å². The first-order valence-corrected chi connectivity index (χ1v) is 14.1. The van der Waals surface area contributed by atoms with Gasteiger partial charge in [-0.15, -0.1) is 12.3 Å². The van der Waals surface area contributed by atoms with Gasteiger partial charge in [-0.1, -0.05) is 25.1 Å². The average molecular weight is 517 g/mol. The first-order chi connectivity index (χ1) is 18.4. The molecule has 5 heteroatoms. The van der Waals surface area contributed by atoms with Gasteiger partial charge in [0, 0.05) is 6.42 Å². The van der Waals surface area contributed by atoms with Crippen molar-refractivity contribution in [3.05, 3.63) is 59.2 Å². The van der Waals surface area contributed by atoms with Crippen molar-refractivity contribution in [3.63, 3.8) is 0 Å². The third-order valence-corrected chi connectivity index (χ3v) is 9.84. The van der Waals surface area contributed by atoms with E-state index in [2.05, 4.69) is 18.9 Å². The molecule has 202 valence electrons. The standard InChI is InChI=1S/C18H24O2.C15H16O3/c1-18-9-8-14-13-5-3-12(19)10-11(13)2-4-15(14)16(18)6-7-17(18)20;1-3-4-5-6-13-14(15(16)18-13)11-7-9-12(17-2)10-8-11/h3,5,10,14-17,19-20H,2,4,6-9H2,1H3;1,7-10,13-14H,4-6H2,2H3/t14-,15-,16+,17+,18+;/m1./s1. The highest BCUT2D eigenvalue weighted by atomic mass is 16.6. The Morgan fingerprint density at radius 1 is 1.13 bits per heavy atom. The number of rotatable bonds is 5. The van der Waals surface area contributed by atoms with Gasteiger partial charge in [-0.3, -0.25) is 4.79 Å². The highest BCUT2D eigenvalue weighted by Crippen LogP contribution is 2.60. The second-order valence-corrected chi connectivity index (χ2v) is 11.8. The summed E-state index contributed by atoms with van der Waals surface area (Å²) in [5, 5.41) is 20.0. The molecule has 0 spiro atoms. The van der Waals surface area contributed by atoms with E-state index < -0.39 is 0 Å². The molecule has 38 heavy (non-hydrogen) atoms. The number of cyclic esters (lactones) is 1. The summed E-state index contributed by atoms with van der Waals surface area (Å²) in [6.07, 6.45) is 14.4. The summed E-state index contributed by atoms with van der Waals surface area (Å²) in [6, 6.07) is 13.5. The summed E-state index contributed by atoms with van der Waals surface area (Å²) in [7, 11) is 1.62. The number of aromatic hydroxyl groups is 1. The molecule has 1 heterocycles. The number of hydrogen-bond acceptors (Lipinski definition) is 5. The van der Waals surface area contributed by atoms with Gasteiger partial charge in [0.2, 0.25) is 0 Å². The van der Waals surface area contributed by atoms with Gasteiger partial charge in [0.05, 0.1) is 13.2 Å². The third-order valence-electron chi connectivity index (χ3n) is 9.84. The molecule has 3 aliphatic carbocycles. The summed E-state index contributed by atoms with van der Waals surface area (Å²) < 4.78 is 10.3. The number of phenols is 1. The fraction of sp³-hybridized carbons (Fsp3) is 0.545. The number of aliphatic hydroxyl groups is 1. The maximum Gasteiger partial charge on any atom is 0.317 e. The van der Waals surface area contributed by atoms with Gasteiger partial charge >= 0.3 is 5.97 Å². The number of unbranched alkanes of at least 4 members (excludes halogenated alkanes) is 1. The van der Waals surface area contributed by atoms with E-state index in [9.17, 15) is 15.0 Å². The number of methoxy groups -OCH3 is 1. The first-order valence-electron chi connectivity index (χ1n) is 14.1. The van der Waals surface area contributed by atoms with Crippen LogP contribution in [0.3, 0.4) is 0 Å². The zero-order valence-electron chi connectivity index (χ0n) is 22.6. The van der Waals surface area contributed by atoms with Crippen LogP contribution in [0, 0.1) is 29.6 Å². The van der Waals surface area contributed by atoms with Crippen LogP contribution in [-0.2, 0) is 16.0 Å². The van der Waals surface area contributed by atoms with Crippen LogP contribution in [0.1, 0.15) is 86.8 Å². The van der Waals surface area contributed by atoms with Crippen molar-refractivity contribution in [3.8, 4) is 23.8 Å². The Morgan fingerprint density at radius 3 is 2.63 bits per heavy atom. The van der Waals surface area contributed by atoms with Crippen LogP contribution in [0.5, 0.6) is 11.5 Å². The number of phenolic OH excluding ortho intramolecular Hbond substituents is 1. The molecule has 0 amide bonds. The number of terminal acetylenes is 1. The van der Waals surface area contributed by atoms with E-state index in [0.717, 1.165) is 55.8 Å². The molecule has 6 rings (SSSR count). The molecule has 4 aliphatic rings. The Kier molecular flexibility index (Phi) is 7.73. The van der Waals surface area contributed by atoms with Crippen molar-refractivity contribution >= 4 is 5.97 Å². The summed E-state index contributed by atoms with van der Waals surface area (Å²) in [5.74, 6) is 5.58. The zero-order chi connectivity index (χ0) is 26.9. The minimum atomic E-state index is -0.147. The van der Waals surface area contributed by atoms with Crippen molar-refractivity contribution < 1.29 is 24.5 Å². The van der Waals surface area contributed by atoms with Gasteiger partial charge in [0.25, 0.3) is 0 Å².